The fourth-order valence-electron chi connectivity index (χ4n) is 8.82. The second-order valence-electron chi connectivity index (χ2n) is 15.6. The normalized spacial score (nSPS) is 15.1. The van der Waals surface area contributed by atoms with Gasteiger partial charge in [-0.3, -0.25) is 14.4 Å². The van der Waals surface area contributed by atoms with Gasteiger partial charge in [0.25, 0.3) is 11.8 Å². The van der Waals surface area contributed by atoms with Gasteiger partial charge >= 0.3 is 0 Å². The Kier molecular flexibility index (Phi) is 11.6. The van der Waals surface area contributed by atoms with Crippen LogP contribution in [0.2, 0.25) is 0 Å². The molecule has 6 rings (SSSR count). The molecule has 54 heavy (non-hydrogen) atoms. The number of amides is 3. The zero-order valence-electron chi connectivity index (χ0n) is 36.0. The Hall–Kier alpha value is -4.33. The van der Waals surface area contributed by atoms with E-state index in [1.54, 1.807) is 0 Å². The summed E-state index contributed by atoms with van der Waals surface area (Å²) in [4.78, 5) is 40.2. The number of carbonyl (C=O) groups is 3. The Morgan fingerprint density at radius 2 is 0.870 bits per heavy atom. The molecule has 0 atom stereocenters. The van der Waals surface area contributed by atoms with Gasteiger partial charge in [-0.15, -0.1) is 0 Å². The van der Waals surface area contributed by atoms with Gasteiger partial charge in [0.1, 0.15) is 0 Å². The summed E-state index contributed by atoms with van der Waals surface area (Å²) in [5, 5.41) is 3.13. The molecule has 3 amide bonds. The van der Waals surface area contributed by atoms with Gasteiger partial charge in [0.05, 0.1) is 22.5 Å². The third-order valence-electron chi connectivity index (χ3n) is 13.3. The fraction of sp³-hybridized carbons (Fsp3) is 0.413. The van der Waals surface area contributed by atoms with Crippen LogP contribution in [-0.2, 0) is 47.0 Å². The minimum absolute atomic E-state index is 0. The van der Waals surface area contributed by atoms with Crippen molar-refractivity contribution in [1.29, 1.82) is 0 Å². The number of imide groups is 1. The number of nitrogens with zero attached hydrogens (tertiary/aromatic N) is 3. The minimum Gasteiger partial charge on any atom is -0.348 e. The predicted octanol–water partition coefficient (Wildman–Crippen LogP) is 10.1. The maximum Gasteiger partial charge on any atom is 0.266 e. The Bertz CT molecular complexity index is 2360. The van der Waals surface area contributed by atoms with Crippen molar-refractivity contribution < 1.29 is 32.9 Å². The first-order valence-electron chi connectivity index (χ1n) is 18.6. The van der Waals surface area contributed by atoms with Crippen LogP contribution in [0.15, 0.2) is 0 Å². The molecule has 4 heterocycles. The number of allylic oxidation sites excluding steroid dienone is 2. The maximum atomic E-state index is 13.5. The van der Waals surface area contributed by atoms with E-state index in [2.05, 4.69) is 118 Å². The summed E-state index contributed by atoms with van der Waals surface area (Å²) >= 11 is 0. The number of hydrogen-bond acceptors (Lipinski definition) is 3. The number of fused-ring (bicyclic) bond motifs is 2. The number of rotatable bonds is 2. The fourth-order valence-corrected chi connectivity index (χ4v) is 8.82. The second kappa shape index (κ2) is 14.7. The summed E-state index contributed by atoms with van der Waals surface area (Å²) in [5.74, 6) is -0.442. The molecule has 2 aliphatic heterocycles. The molecule has 2 aromatic carbocycles. The summed E-state index contributed by atoms with van der Waals surface area (Å²) in [6.45, 7) is 35.0. The monoisotopic (exact) mass is 765 g/mol. The number of nitrogens with one attached hydrogen (secondary N) is 1. The summed E-state index contributed by atoms with van der Waals surface area (Å²) < 4.78 is 4.36. The van der Waals surface area contributed by atoms with E-state index in [-0.39, 0.29) is 36.3 Å². The van der Waals surface area contributed by atoms with Crippen molar-refractivity contribution in [3.63, 3.8) is 0 Å². The van der Waals surface area contributed by atoms with Crippen molar-refractivity contribution >= 4 is 51.4 Å². The molecule has 0 bridgehead atoms. The summed E-state index contributed by atoms with van der Waals surface area (Å²) in [6.07, 6.45) is 0. The van der Waals surface area contributed by atoms with E-state index in [0.717, 1.165) is 67.3 Å². The number of aromatic nitrogens is 2. The number of benzene rings is 2. The first-order valence-corrected chi connectivity index (χ1v) is 18.6. The molecular formula is C46H58N4O3V. The van der Waals surface area contributed by atoms with Gasteiger partial charge < -0.3 is 14.5 Å². The van der Waals surface area contributed by atoms with E-state index < -0.39 is 0 Å². The van der Waals surface area contributed by atoms with Crippen molar-refractivity contribution in [2.75, 3.05) is 10.2 Å². The second-order valence-corrected chi connectivity index (χ2v) is 15.6. The first kappa shape index (κ1) is 42.4. The van der Waals surface area contributed by atoms with Crippen molar-refractivity contribution in [2.45, 2.75) is 118 Å². The van der Waals surface area contributed by atoms with Crippen LogP contribution in [0.25, 0.3) is 22.3 Å². The van der Waals surface area contributed by atoms with Crippen LogP contribution in [0.4, 0.5) is 11.4 Å². The zero-order valence-corrected chi connectivity index (χ0v) is 37.4. The molecule has 1 radical (unpaired) electrons. The molecule has 0 fully saturated rings. The Labute approximate surface area is 334 Å². The largest absolute Gasteiger partial charge is 0.348 e. The Morgan fingerprint density at radius 1 is 0.481 bits per heavy atom. The van der Waals surface area contributed by atoms with Crippen LogP contribution < -0.4 is 10.2 Å². The van der Waals surface area contributed by atoms with E-state index in [9.17, 15) is 14.4 Å². The summed E-state index contributed by atoms with van der Waals surface area (Å²) in [6, 6.07) is 0. The van der Waals surface area contributed by atoms with E-state index in [0.29, 0.717) is 5.57 Å². The molecule has 7 nitrogen and oxygen atoms in total. The standard InChI is InChI=1S/C24H30N2O2.C22H28N2O.V/c1-11-12(2)15(5)23-20(14(11)4)21(24(28)26(23)19(9)27)17(7)22-16(6)13(3)18(8)25(22)10;1-10-11(2)14(5)20-18(13(10)4)19(22(25)23-20)16(7)21-15(6)12(3)17(8)24(21)9;/h1-10H3;1-9H3,(H,23,25);. The average molecular weight is 766 g/mol. The Balaban J connectivity index is 0.000000238. The van der Waals surface area contributed by atoms with Crippen LogP contribution in [0.1, 0.15) is 121 Å². The van der Waals surface area contributed by atoms with Gasteiger partial charge in [0.15, 0.2) is 0 Å². The van der Waals surface area contributed by atoms with Gasteiger partial charge in [-0.25, -0.2) is 4.90 Å². The first-order chi connectivity index (χ1) is 24.5. The summed E-state index contributed by atoms with van der Waals surface area (Å²) in [7, 11) is 4.12. The van der Waals surface area contributed by atoms with E-state index >= 15 is 0 Å². The molecule has 2 aliphatic rings. The van der Waals surface area contributed by atoms with Crippen molar-refractivity contribution in [3.8, 4) is 0 Å². The maximum absolute atomic E-state index is 13.5. The molecule has 0 saturated carbocycles. The van der Waals surface area contributed by atoms with Gasteiger partial charge in [-0.2, -0.15) is 0 Å². The van der Waals surface area contributed by atoms with Gasteiger partial charge in [-0.05, 0) is 189 Å². The van der Waals surface area contributed by atoms with Crippen molar-refractivity contribution in [3.05, 3.63) is 101 Å². The minimum atomic E-state index is -0.240. The average Bonchev–Trinajstić information content (AvgIpc) is 3.75. The molecule has 0 unspecified atom stereocenters. The van der Waals surface area contributed by atoms with E-state index in [1.807, 2.05) is 20.9 Å². The van der Waals surface area contributed by atoms with Crippen molar-refractivity contribution in [1.82, 2.24) is 9.13 Å². The quantitative estimate of drug-likeness (QED) is 0.207. The molecule has 0 aliphatic carbocycles. The van der Waals surface area contributed by atoms with Gasteiger partial charge in [-0.1, -0.05) is 0 Å². The summed E-state index contributed by atoms with van der Waals surface area (Å²) in [5.41, 5.74) is 26.1. The number of anilines is 2. The number of carbonyl (C=O) groups excluding carboxylic acids is 3. The third-order valence-corrected chi connectivity index (χ3v) is 13.3. The Morgan fingerprint density at radius 3 is 1.28 bits per heavy atom. The van der Waals surface area contributed by atoms with Crippen LogP contribution in [0.3, 0.4) is 0 Å². The third kappa shape index (κ3) is 5.99. The van der Waals surface area contributed by atoms with Gasteiger partial charge in [0, 0.05) is 73.5 Å². The topological polar surface area (TPSA) is 76.3 Å². The molecule has 2 aromatic heterocycles. The predicted molar refractivity (Wildman–Crippen MR) is 222 cm³/mol. The van der Waals surface area contributed by atoms with Crippen LogP contribution in [0.5, 0.6) is 0 Å². The molecular weight excluding hydrogens is 707 g/mol. The van der Waals surface area contributed by atoms with Crippen LogP contribution in [0, 0.1) is 96.9 Å². The zero-order chi connectivity index (χ0) is 40.0. The molecule has 0 spiro atoms. The van der Waals surface area contributed by atoms with Crippen LogP contribution >= 0.6 is 0 Å². The van der Waals surface area contributed by atoms with Gasteiger partial charge in [0.2, 0.25) is 5.91 Å². The molecule has 1 N–H and O–H groups in total. The molecule has 4 aromatic rings. The van der Waals surface area contributed by atoms with E-state index in [4.69, 9.17) is 0 Å². The van der Waals surface area contributed by atoms with Crippen molar-refractivity contribution in [2.24, 2.45) is 14.1 Å². The number of hydrogen-bond donors (Lipinski definition) is 1. The van der Waals surface area contributed by atoms with E-state index in [1.165, 1.54) is 73.3 Å². The molecule has 0 saturated heterocycles. The molecule has 8 heteroatoms. The smallest absolute Gasteiger partial charge is 0.266 e. The molecule has 285 valence electrons. The SMILES string of the molecule is CC(=C1C(=O)Nc2c(C)c(C)c(C)c(C)c21)c1c(C)c(C)c(C)n1C.CC(=O)N1C(=O)C(=C(C)c2c(C)c(C)c(C)n2C)c2c(C)c(C)c(C)c(C)c21.[V]. The van der Waals surface area contributed by atoms with Crippen LogP contribution in [-0.4, -0.2) is 26.9 Å².